The van der Waals surface area contributed by atoms with Crippen LogP contribution >= 0.6 is 15.9 Å². The monoisotopic (exact) mass is 528 g/mol. The van der Waals surface area contributed by atoms with Crippen LogP contribution in [0.5, 0.6) is 0 Å². The molecule has 0 fully saturated rings. The quantitative estimate of drug-likeness (QED) is 0.424. The van der Waals surface area contributed by atoms with E-state index in [0.717, 1.165) is 21.2 Å². The van der Waals surface area contributed by atoms with Crippen LogP contribution in [0.3, 0.4) is 0 Å². The molecule has 174 valence electrons. The Hall–Kier alpha value is -2.48. The van der Waals surface area contributed by atoms with Gasteiger partial charge in [-0.15, -0.1) is 0 Å². The van der Waals surface area contributed by atoms with Gasteiger partial charge in [0.25, 0.3) is 0 Å². The summed E-state index contributed by atoms with van der Waals surface area (Å²) in [5, 5.41) is 2.97. The highest BCUT2D eigenvalue weighted by molar-refractivity contribution is 9.10. The summed E-state index contributed by atoms with van der Waals surface area (Å²) in [4.78, 5) is 13.5. The Kier molecular flexibility index (Phi) is 8.10. The third-order valence-corrected chi connectivity index (χ3v) is 7.80. The van der Waals surface area contributed by atoms with E-state index in [4.69, 9.17) is 0 Å². The number of sulfonamides is 1. The van der Waals surface area contributed by atoms with Gasteiger partial charge in [-0.2, -0.15) is 4.72 Å². The van der Waals surface area contributed by atoms with E-state index < -0.39 is 16.1 Å². The summed E-state index contributed by atoms with van der Waals surface area (Å²) in [5.74, 6) is -0.375. The summed E-state index contributed by atoms with van der Waals surface area (Å²) in [6.07, 6.45) is 0.239. The molecule has 0 bridgehead atoms. The van der Waals surface area contributed by atoms with Crippen molar-refractivity contribution >= 4 is 31.9 Å². The number of nitrogens with one attached hydrogen (secondary N) is 2. The Morgan fingerprint density at radius 3 is 2.09 bits per heavy atom. The predicted molar refractivity (Wildman–Crippen MR) is 136 cm³/mol. The van der Waals surface area contributed by atoms with Gasteiger partial charge in [-0.05, 0) is 68.5 Å². The van der Waals surface area contributed by atoms with Crippen molar-refractivity contribution in [1.29, 1.82) is 0 Å². The Labute approximate surface area is 204 Å². The van der Waals surface area contributed by atoms with E-state index >= 15 is 0 Å². The fourth-order valence-corrected chi connectivity index (χ4v) is 5.94. The maximum absolute atomic E-state index is 13.4. The molecule has 33 heavy (non-hydrogen) atoms. The molecule has 0 aliphatic carbocycles. The van der Waals surface area contributed by atoms with Crippen molar-refractivity contribution in [3.63, 3.8) is 0 Å². The van der Waals surface area contributed by atoms with E-state index in [9.17, 15) is 13.2 Å². The van der Waals surface area contributed by atoms with Crippen LogP contribution in [0, 0.1) is 20.8 Å². The molecule has 0 radical (unpaired) electrons. The lowest BCUT2D eigenvalue weighted by molar-refractivity contribution is -0.123. The minimum Gasteiger partial charge on any atom is -0.348 e. The molecule has 3 aromatic rings. The van der Waals surface area contributed by atoms with Crippen LogP contribution in [0.4, 0.5) is 0 Å². The molecule has 1 amide bonds. The second-order valence-corrected chi connectivity index (χ2v) is 10.9. The molecule has 0 aliphatic heterocycles. The SMILES string of the molecule is Cc1cc(C)c(S(=O)(=O)N[C@H](Cc2ccccc2)C(=O)N[C@H](C)c2ccc(Br)cc2)c(C)c1. The van der Waals surface area contributed by atoms with Crippen molar-refractivity contribution in [2.24, 2.45) is 0 Å². The van der Waals surface area contributed by atoms with Gasteiger partial charge < -0.3 is 5.32 Å². The zero-order chi connectivity index (χ0) is 24.2. The van der Waals surface area contributed by atoms with E-state index in [1.165, 1.54) is 0 Å². The van der Waals surface area contributed by atoms with E-state index in [0.29, 0.717) is 11.1 Å². The molecule has 2 atom stereocenters. The summed E-state index contributed by atoms with van der Waals surface area (Å²) in [6, 6.07) is 19.5. The van der Waals surface area contributed by atoms with Crippen molar-refractivity contribution in [3.8, 4) is 0 Å². The number of hydrogen-bond donors (Lipinski definition) is 2. The van der Waals surface area contributed by atoms with Crippen molar-refractivity contribution in [2.45, 2.75) is 51.1 Å². The van der Waals surface area contributed by atoms with E-state index in [2.05, 4.69) is 26.0 Å². The first kappa shape index (κ1) is 25.1. The lowest BCUT2D eigenvalue weighted by Crippen LogP contribution is -2.48. The lowest BCUT2D eigenvalue weighted by atomic mass is 10.0. The molecular formula is C26H29BrN2O3S. The summed E-state index contributed by atoms with van der Waals surface area (Å²) in [5.41, 5.74) is 4.10. The molecule has 3 aromatic carbocycles. The molecular weight excluding hydrogens is 500 g/mol. The number of halogens is 1. The van der Waals surface area contributed by atoms with Gasteiger partial charge in [-0.1, -0.05) is 76.1 Å². The second kappa shape index (κ2) is 10.6. The minimum absolute atomic E-state index is 0.222. The van der Waals surface area contributed by atoms with Gasteiger partial charge >= 0.3 is 0 Å². The van der Waals surface area contributed by atoms with Gasteiger partial charge in [0.1, 0.15) is 6.04 Å². The van der Waals surface area contributed by atoms with Crippen LogP contribution in [0.1, 0.15) is 40.8 Å². The summed E-state index contributed by atoms with van der Waals surface area (Å²) < 4.78 is 30.4. The molecule has 0 spiro atoms. The highest BCUT2D eigenvalue weighted by Crippen LogP contribution is 2.23. The van der Waals surface area contributed by atoms with Gasteiger partial charge in [0, 0.05) is 4.47 Å². The number of aryl methyl sites for hydroxylation is 3. The van der Waals surface area contributed by atoms with Crippen molar-refractivity contribution in [3.05, 3.63) is 99.0 Å². The number of hydrogen-bond acceptors (Lipinski definition) is 3. The summed E-state index contributed by atoms with van der Waals surface area (Å²) in [7, 11) is -3.93. The largest absolute Gasteiger partial charge is 0.348 e. The molecule has 7 heteroatoms. The third-order valence-electron chi connectivity index (χ3n) is 5.50. The zero-order valence-corrected chi connectivity index (χ0v) is 21.6. The van der Waals surface area contributed by atoms with Crippen molar-refractivity contribution < 1.29 is 13.2 Å². The van der Waals surface area contributed by atoms with Gasteiger partial charge in [-0.3, -0.25) is 4.79 Å². The standard InChI is InChI=1S/C26H29BrN2O3S/c1-17-14-18(2)25(19(3)15-17)33(31,32)29-24(16-21-8-6-5-7-9-21)26(30)28-20(4)22-10-12-23(27)13-11-22/h5-15,20,24,29H,16H2,1-4H3,(H,28,30)/t20-,24-/m1/s1. The number of carbonyl (C=O) groups excluding carboxylic acids is 1. The number of amides is 1. The second-order valence-electron chi connectivity index (χ2n) is 8.37. The van der Waals surface area contributed by atoms with Crippen LogP contribution < -0.4 is 10.0 Å². The molecule has 0 saturated carbocycles. The number of carbonyl (C=O) groups is 1. The molecule has 0 saturated heterocycles. The lowest BCUT2D eigenvalue weighted by Gasteiger charge is -2.23. The number of rotatable bonds is 8. The summed E-state index contributed by atoms with van der Waals surface area (Å²) >= 11 is 3.41. The highest BCUT2D eigenvalue weighted by Gasteiger charge is 2.29. The van der Waals surface area contributed by atoms with Crippen LogP contribution in [0.15, 0.2) is 76.1 Å². The Morgan fingerprint density at radius 1 is 0.939 bits per heavy atom. The summed E-state index contributed by atoms with van der Waals surface area (Å²) in [6.45, 7) is 7.36. The van der Waals surface area contributed by atoms with Crippen molar-refractivity contribution in [1.82, 2.24) is 10.0 Å². The first-order chi connectivity index (χ1) is 15.6. The number of benzene rings is 3. The maximum Gasteiger partial charge on any atom is 0.241 e. The van der Waals surface area contributed by atoms with Gasteiger partial charge in [-0.25, -0.2) is 8.42 Å². The molecule has 2 N–H and O–H groups in total. The van der Waals surface area contributed by atoms with Crippen LogP contribution in [0.25, 0.3) is 0 Å². The van der Waals surface area contributed by atoms with Gasteiger partial charge in [0.2, 0.25) is 15.9 Å². The molecule has 5 nitrogen and oxygen atoms in total. The fraction of sp³-hybridized carbons (Fsp3) is 0.269. The van der Waals surface area contributed by atoms with Gasteiger partial charge in [0.05, 0.1) is 10.9 Å². The van der Waals surface area contributed by atoms with Crippen LogP contribution in [-0.2, 0) is 21.2 Å². The molecule has 0 aromatic heterocycles. The van der Waals surface area contributed by atoms with E-state index in [-0.39, 0.29) is 23.3 Å². The van der Waals surface area contributed by atoms with Crippen molar-refractivity contribution in [2.75, 3.05) is 0 Å². The van der Waals surface area contributed by atoms with Crippen LogP contribution in [-0.4, -0.2) is 20.4 Å². The smallest absolute Gasteiger partial charge is 0.241 e. The topological polar surface area (TPSA) is 75.3 Å². The van der Waals surface area contributed by atoms with E-state index in [1.54, 1.807) is 13.8 Å². The molecule has 0 heterocycles. The average Bonchev–Trinajstić information content (AvgIpc) is 2.73. The predicted octanol–water partition coefficient (Wildman–Crippen LogP) is 5.14. The van der Waals surface area contributed by atoms with Crippen LogP contribution in [0.2, 0.25) is 0 Å². The molecule has 0 aliphatic rings. The zero-order valence-electron chi connectivity index (χ0n) is 19.2. The molecule has 0 unspecified atom stereocenters. The fourth-order valence-electron chi connectivity index (χ4n) is 4.02. The molecule has 3 rings (SSSR count). The Balaban J connectivity index is 1.89. The van der Waals surface area contributed by atoms with Gasteiger partial charge in [0.15, 0.2) is 0 Å². The minimum atomic E-state index is -3.93. The normalized spacial score (nSPS) is 13.4. The average molecular weight is 530 g/mol. The first-order valence-corrected chi connectivity index (χ1v) is 13.0. The first-order valence-electron chi connectivity index (χ1n) is 10.8. The third kappa shape index (κ3) is 6.53. The Morgan fingerprint density at radius 2 is 1.52 bits per heavy atom. The highest BCUT2D eigenvalue weighted by atomic mass is 79.9. The Bertz CT molecular complexity index is 1200. The maximum atomic E-state index is 13.4. The van der Waals surface area contributed by atoms with E-state index in [1.807, 2.05) is 80.6 Å².